The van der Waals surface area contributed by atoms with Crippen LogP contribution in [-0.4, -0.2) is 34.9 Å². The molecule has 1 aromatic heterocycles. The third kappa shape index (κ3) is 6.79. The molecule has 1 amide bonds. The highest BCUT2D eigenvalue weighted by molar-refractivity contribution is 5.91. The average Bonchev–Trinajstić information content (AvgIpc) is 2.84. The van der Waals surface area contributed by atoms with Crippen LogP contribution in [0.25, 0.3) is 6.08 Å². The number of amides is 1. The predicted octanol–water partition coefficient (Wildman–Crippen LogP) is 4.45. The van der Waals surface area contributed by atoms with Crippen molar-refractivity contribution in [2.24, 2.45) is 0 Å². The lowest BCUT2D eigenvalue weighted by Crippen LogP contribution is -2.43. The lowest BCUT2D eigenvalue weighted by Gasteiger charge is -2.31. The predicted molar refractivity (Wildman–Crippen MR) is 127 cm³/mol. The highest BCUT2D eigenvalue weighted by Crippen LogP contribution is 2.17. The number of carbonyl (C=O) groups excluding carboxylic acids is 1. The second kappa shape index (κ2) is 11.3. The number of hydrogen-bond acceptors (Lipinski definition) is 4. The minimum atomic E-state index is -0.0521. The number of nitrogens with one attached hydrogen (secondary N) is 1. The van der Waals surface area contributed by atoms with Crippen molar-refractivity contribution in [3.05, 3.63) is 102 Å². The van der Waals surface area contributed by atoms with Gasteiger partial charge in [0.15, 0.2) is 0 Å². The van der Waals surface area contributed by atoms with Gasteiger partial charge in [0.05, 0.1) is 5.69 Å². The first-order valence-electron chi connectivity index (χ1n) is 11.1. The monoisotopic (exact) mass is 427 g/mol. The molecule has 5 heteroatoms. The van der Waals surface area contributed by atoms with Crippen LogP contribution in [0, 0.1) is 0 Å². The summed E-state index contributed by atoms with van der Waals surface area (Å²) < 4.78 is 5.87. The summed E-state index contributed by atoms with van der Waals surface area (Å²) in [5, 5.41) is 3.14. The van der Waals surface area contributed by atoms with E-state index in [1.54, 1.807) is 6.08 Å². The number of carbonyl (C=O) groups is 1. The number of likely N-dealkylation sites (tertiary alicyclic amines) is 1. The fraction of sp³-hybridized carbons (Fsp3) is 0.259. The maximum Gasteiger partial charge on any atom is 0.244 e. The maximum atomic E-state index is 12.4. The zero-order chi connectivity index (χ0) is 22.0. The van der Waals surface area contributed by atoms with E-state index >= 15 is 0 Å². The van der Waals surface area contributed by atoms with E-state index in [4.69, 9.17) is 4.74 Å². The third-order valence-corrected chi connectivity index (χ3v) is 5.58. The van der Waals surface area contributed by atoms with Crippen LogP contribution < -0.4 is 10.1 Å². The summed E-state index contributed by atoms with van der Waals surface area (Å²) in [5.41, 5.74) is 3.16. The van der Waals surface area contributed by atoms with E-state index in [-0.39, 0.29) is 11.9 Å². The van der Waals surface area contributed by atoms with E-state index in [9.17, 15) is 4.79 Å². The molecule has 5 nitrogen and oxygen atoms in total. The van der Waals surface area contributed by atoms with Gasteiger partial charge in [-0.1, -0.05) is 48.5 Å². The number of piperidine rings is 1. The van der Waals surface area contributed by atoms with Gasteiger partial charge in [-0.15, -0.1) is 0 Å². The minimum Gasteiger partial charge on any atom is -0.489 e. The van der Waals surface area contributed by atoms with E-state index in [0.29, 0.717) is 6.61 Å². The quantitative estimate of drug-likeness (QED) is 0.540. The van der Waals surface area contributed by atoms with Crippen molar-refractivity contribution in [2.75, 3.05) is 13.1 Å². The number of aromatic nitrogens is 1. The first-order chi connectivity index (χ1) is 15.7. The normalized spacial score (nSPS) is 15.0. The first-order valence-corrected chi connectivity index (χ1v) is 11.1. The van der Waals surface area contributed by atoms with Gasteiger partial charge in [-0.2, -0.15) is 0 Å². The molecule has 164 valence electrons. The summed E-state index contributed by atoms with van der Waals surface area (Å²) in [6, 6.07) is 24.1. The molecule has 0 unspecified atom stereocenters. The Balaban J connectivity index is 1.21. The SMILES string of the molecule is O=C(/C=C/c1cccc(OCc2ccccc2)c1)NC1CCN(Cc2ccccn2)CC1. The molecule has 1 aliphatic rings. The van der Waals surface area contributed by atoms with Crippen LogP contribution in [0.15, 0.2) is 85.1 Å². The van der Waals surface area contributed by atoms with Gasteiger partial charge in [0, 0.05) is 37.9 Å². The van der Waals surface area contributed by atoms with Crippen molar-refractivity contribution in [3.63, 3.8) is 0 Å². The molecule has 0 aliphatic carbocycles. The van der Waals surface area contributed by atoms with E-state index in [0.717, 1.165) is 55.0 Å². The van der Waals surface area contributed by atoms with E-state index < -0.39 is 0 Å². The van der Waals surface area contributed by atoms with Crippen LogP contribution in [-0.2, 0) is 17.9 Å². The standard InChI is InChI=1S/C27H29N3O2/c31-27(29-24-14-17-30(18-15-24)20-25-10-4-5-16-28-25)13-12-22-9-6-11-26(19-22)32-21-23-7-2-1-3-8-23/h1-13,16,19,24H,14-15,17-18,20-21H2,(H,29,31)/b13-12+. The van der Waals surface area contributed by atoms with Gasteiger partial charge in [-0.3, -0.25) is 14.7 Å². The van der Waals surface area contributed by atoms with Gasteiger partial charge in [0.2, 0.25) is 5.91 Å². The lowest BCUT2D eigenvalue weighted by molar-refractivity contribution is -0.117. The molecule has 4 rings (SSSR count). The molecular weight excluding hydrogens is 398 g/mol. The van der Waals surface area contributed by atoms with Crippen LogP contribution in [0.4, 0.5) is 0 Å². The second-order valence-electron chi connectivity index (χ2n) is 8.06. The minimum absolute atomic E-state index is 0.0521. The Morgan fingerprint density at radius 1 is 1.03 bits per heavy atom. The first kappa shape index (κ1) is 21.8. The number of nitrogens with zero attached hydrogens (tertiary/aromatic N) is 2. The number of benzene rings is 2. The Kier molecular flexibility index (Phi) is 7.66. The molecule has 0 atom stereocenters. The van der Waals surface area contributed by atoms with Crippen LogP contribution in [0.1, 0.15) is 29.7 Å². The van der Waals surface area contributed by atoms with Crippen LogP contribution in [0.3, 0.4) is 0 Å². The lowest BCUT2D eigenvalue weighted by atomic mass is 10.0. The molecule has 0 bridgehead atoms. The van der Waals surface area contributed by atoms with Crippen LogP contribution in [0.2, 0.25) is 0 Å². The Morgan fingerprint density at radius 2 is 1.84 bits per heavy atom. The number of hydrogen-bond donors (Lipinski definition) is 1. The summed E-state index contributed by atoms with van der Waals surface area (Å²) in [4.78, 5) is 19.2. The van der Waals surface area contributed by atoms with Gasteiger partial charge in [0.1, 0.15) is 12.4 Å². The molecule has 1 saturated heterocycles. The van der Waals surface area contributed by atoms with E-state index in [1.807, 2.05) is 79.0 Å². The van der Waals surface area contributed by atoms with Crippen molar-refractivity contribution in [2.45, 2.75) is 32.0 Å². The largest absolute Gasteiger partial charge is 0.489 e. The third-order valence-electron chi connectivity index (χ3n) is 5.58. The van der Waals surface area contributed by atoms with Crippen molar-refractivity contribution in [1.29, 1.82) is 0 Å². The zero-order valence-electron chi connectivity index (χ0n) is 18.2. The number of ether oxygens (including phenoxy) is 1. The summed E-state index contributed by atoms with van der Waals surface area (Å²) in [6.07, 6.45) is 7.18. The second-order valence-corrected chi connectivity index (χ2v) is 8.06. The van der Waals surface area contributed by atoms with Crippen molar-refractivity contribution in [1.82, 2.24) is 15.2 Å². The van der Waals surface area contributed by atoms with Crippen molar-refractivity contribution >= 4 is 12.0 Å². The van der Waals surface area contributed by atoms with Gasteiger partial charge >= 0.3 is 0 Å². The topological polar surface area (TPSA) is 54.5 Å². The molecule has 2 heterocycles. The van der Waals surface area contributed by atoms with Crippen molar-refractivity contribution < 1.29 is 9.53 Å². The molecule has 0 radical (unpaired) electrons. The molecule has 2 aromatic carbocycles. The molecule has 32 heavy (non-hydrogen) atoms. The fourth-order valence-electron chi connectivity index (χ4n) is 3.83. The van der Waals surface area contributed by atoms with Crippen LogP contribution >= 0.6 is 0 Å². The Morgan fingerprint density at radius 3 is 2.62 bits per heavy atom. The Hall–Kier alpha value is -3.44. The average molecular weight is 428 g/mol. The number of rotatable bonds is 8. The molecule has 1 fully saturated rings. The van der Waals surface area contributed by atoms with Gasteiger partial charge in [-0.05, 0) is 54.3 Å². The van der Waals surface area contributed by atoms with Crippen molar-refractivity contribution in [3.8, 4) is 5.75 Å². The maximum absolute atomic E-state index is 12.4. The van der Waals surface area contributed by atoms with E-state index in [1.165, 1.54) is 0 Å². The molecule has 1 N–H and O–H groups in total. The fourth-order valence-corrected chi connectivity index (χ4v) is 3.83. The Labute approximate surface area is 189 Å². The Bertz CT molecular complexity index is 1010. The van der Waals surface area contributed by atoms with Gasteiger partial charge in [-0.25, -0.2) is 0 Å². The highest BCUT2D eigenvalue weighted by Gasteiger charge is 2.20. The number of pyridine rings is 1. The van der Waals surface area contributed by atoms with E-state index in [2.05, 4.69) is 21.3 Å². The van der Waals surface area contributed by atoms with Gasteiger partial charge < -0.3 is 10.1 Å². The summed E-state index contributed by atoms with van der Waals surface area (Å²) in [5.74, 6) is 0.737. The molecule has 1 aliphatic heterocycles. The summed E-state index contributed by atoms with van der Waals surface area (Å²) >= 11 is 0. The van der Waals surface area contributed by atoms with Gasteiger partial charge in [0.25, 0.3) is 0 Å². The van der Waals surface area contributed by atoms with Crippen LogP contribution in [0.5, 0.6) is 5.75 Å². The molecule has 0 spiro atoms. The molecule has 3 aromatic rings. The molecule has 0 saturated carbocycles. The highest BCUT2D eigenvalue weighted by atomic mass is 16.5. The molecular formula is C27H29N3O2. The zero-order valence-corrected chi connectivity index (χ0v) is 18.2. The smallest absolute Gasteiger partial charge is 0.244 e. The summed E-state index contributed by atoms with van der Waals surface area (Å²) in [7, 11) is 0. The summed E-state index contributed by atoms with van der Waals surface area (Å²) in [6.45, 7) is 3.32.